The minimum Gasteiger partial charge on any atom is -0.301 e. The topological polar surface area (TPSA) is 37.4 Å². The molecule has 0 aliphatic carbocycles. The van der Waals surface area contributed by atoms with Crippen LogP contribution in [-0.2, 0) is 9.59 Å². The molecule has 0 N–H and O–H groups in total. The molecule has 0 aliphatic rings. The highest BCUT2D eigenvalue weighted by Crippen LogP contribution is 2.13. The average molecular weight is 217 g/mol. The molecule has 3 nitrogen and oxygen atoms in total. The fraction of sp³-hybridized carbons (Fsp3) is 0.800. The van der Waals surface area contributed by atoms with Crippen LogP contribution in [0.2, 0.25) is 0 Å². The van der Waals surface area contributed by atoms with E-state index in [1.807, 2.05) is 20.8 Å². The summed E-state index contributed by atoms with van der Waals surface area (Å²) in [6.07, 6.45) is 3.07. The number of hydrogen-bond acceptors (Lipinski definition) is 3. The molecule has 82 valence electrons. The van der Waals surface area contributed by atoms with Crippen molar-refractivity contribution >= 4 is 25.0 Å². The second-order valence-corrected chi connectivity index (χ2v) is 4.14. The van der Waals surface area contributed by atoms with E-state index in [9.17, 15) is 9.59 Å². The quantitative estimate of drug-likeness (QED) is 0.546. The highest BCUT2D eigenvalue weighted by molar-refractivity contribution is 7.78. The molecular weight excluding hydrogens is 198 g/mol. The van der Waals surface area contributed by atoms with Crippen LogP contribution in [0.3, 0.4) is 0 Å². The molecule has 0 bridgehead atoms. The van der Waals surface area contributed by atoms with Crippen LogP contribution >= 0.6 is 12.8 Å². The van der Waals surface area contributed by atoms with Gasteiger partial charge in [0, 0.05) is 6.42 Å². The number of rotatable bonds is 6. The van der Waals surface area contributed by atoms with Crippen molar-refractivity contribution in [3.05, 3.63) is 0 Å². The van der Waals surface area contributed by atoms with Crippen molar-refractivity contribution in [2.45, 2.75) is 46.1 Å². The molecule has 0 fully saturated rings. The first-order chi connectivity index (χ1) is 6.54. The van der Waals surface area contributed by atoms with E-state index in [0.717, 1.165) is 19.1 Å². The Labute approximate surface area is 91.4 Å². The molecule has 1 atom stereocenters. The van der Waals surface area contributed by atoms with Crippen molar-refractivity contribution in [1.82, 2.24) is 4.31 Å². The van der Waals surface area contributed by atoms with Gasteiger partial charge in [0.15, 0.2) is 0 Å². The molecule has 1 amide bonds. The standard InChI is InChI=1S/C10H19NO2S/c1-4-5-6-10(13)11(14)9(7-12)8(2)3/h7-9,14H,4-6H2,1-3H3. The first kappa shape index (κ1) is 13.5. The zero-order chi connectivity index (χ0) is 11.1. The minimum atomic E-state index is -0.414. The van der Waals surface area contributed by atoms with Gasteiger partial charge < -0.3 is 4.79 Å². The van der Waals surface area contributed by atoms with Gasteiger partial charge >= 0.3 is 0 Å². The van der Waals surface area contributed by atoms with Crippen LogP contribution in [0.25, 0.3) is 0 Å². The first-order valence-electron chi connectivity index (χ1n) is 5.00. The second kappa shape index (κ2) is 6.87. The van der Waals surface area contributed by atoms with Crippen LogP contribution in [-0.4, -0.2) is 22.5 Å². The van der Waals surface area contributed by atoms with Crippen LogP contribution in [0.15, 0.2) is 0 Å². The average Bonchev–Trinajstić information content (AvgIpc) is 2.14. The van der Waals surface area contributed by atoms with Crippen LogP contribution < -0.4 is 0 Å². The van der Waals surface area contributed by atoms with Gasteiger partial charge in [0.2, 0.25) is 5.91 Å². The Morgan fingerprint density at radius 1 is 1.50 bits per heavy atom. The summed E-state index contributed by atoms with van der Waals surface area (Å²) in [6, 6.07) is -0.414. The van der Waals surface area contributed by atoms with Crippen molar-refractivity contribution in [3.63, 3.8) is 0 Å². The molecular formula is C10H19NO2S. The van der Waals surface area contributed by atoms with Crippen molar-refractivity contribution in [3.8, 4) is 0 Å². The predicted molar refractivity (Wildman–Crippen MR) is 60.0 cm³/mol. The summed E-state index contributed by atoms with van der Waals surface area (Å²) in [5, 5.41) is 0. The predicted octanol–water partition coefficient (Wildman–Crippen LogP) is 2.07. The number of nitrogens with zero attached hydrogens (tertiary/aromatic N) is 1. The molecule has 0 saturated carbocycles. The zero-order valence-electron chi connectivity index (χ0n) is 9.06. The van der Waals surface area contributed by atoms with Crippen LogP contribution in [0.1, 0.15) is 40.0 Å². The third kappa shape index (κ3) is 4.13. The van der Waals surface area contributed by atoms with Gasteiger partial charge in [-0.2, -0.15) is 0 Å². The summed E-state index contributed by atoms with van der Waals surface area (Å²) >= 11 is 4.06. The maximum absolute atomic E-state index is 11.5. The molecule has 0 spiro atoms. The third-order valence-electron chi connectivity index (χ3n) is 2.10. The van der Waals surface area contributed by atoms with Crippen molar-refractivity contribution < 1.29 is 9.59 Å². The van der Waals surface area contributed by atoms with E-state index >= 15 is 0 Å². The zero-order valence-corrected chi connectivity index (χ0v) is 9.96. The Bertz CT molecular complexity index is 195. The Balaban J connectivity index is 4.20. The lowest BCUT2D eigenvalue weighted by Gasteiger charge is -2.25. The van der Waals surface area contributed by atoms with Gasteiger partial charge in [0.25, 0.3) is 0 Å². The summed E-state index contributed by atoms with van der Waals surface area (Å²) in [5.74, 6) is 0.0385. The highest BCUT2D eigenvalue weighted by Gasteiger charge is 2.22. The Kier molecular flexibility index (Phi) is 6.62. The van der Waals surface area contributed by atoms with E-state index in [1.165, 1.54) is 4.31 Å². The number of carbonyl (C=O) groups excluding carboxylic acids is 2. The van der Waals surface area contributed by atoms with E-state index < -0.39 is 6.04 Å². The lowest BCUT2D eigenvalue weighted by atomic mass is 10.1. The number of aldehydes is 1. The van der Waals surface area contributed by atoms with Crippen LogP contribution in [0.5, 0.6) is 0 Å². The smallest absolute Gasteiger partial charge is 0.232 e. The molecule has 0 saturated heterocycles. The number of hydrogen-bond donors (Lipinski definition) is 1. The molecule has 0 rings (SSSR count). The SMILES string of the molecule is CCCCC(=O)N(S)C(C=O)C(C)C. The molecule has 0 radical (unpaired) electrons. The van der Waals surface area contributed by atoms with Crippen molar-refractivity contribution in [2.24, 2.45) is 5.92 Å². The monoisotopic (exact) mass is 217 g/mol. The number of carbonyl (C=O) groups is 2. The van der Waals surface area contributed by atoms with E-state index in [0.29, 0.717) is 6.42 Å². The van der Waals surface area contributed by atoms with E-state index in [-0.39, 0.29) is 11.8 Å². The molecule has 0 aromatic rings. The van der Waals surface area contributed by atoms with Gasteiger partial charge in [0.1, 0.15) is 12.3 Å². The molecule has 0 heterocycles. The third-order valence-corrected chi connectivity index (χ3v) is 2.59. The molecule has 0 aromatic carbocycles. The van der Waals surface area contributed by atoms with Gasteiger partial charge in [-0.1, -0.05) is 40.0 Å². The molecule has 14 heavy (non-hydrogen) atoms. The summed E-state index contributed by atoms with van der Waals surface area (Å²) in [4.78, 5) is 22.2. The van der Waals surface area contributed by atoms with Gasteiger partial charge in [-0.05, 0) is 12.3 Å². The largest absolute Gasteiger partial charge is 0.301 e. The van der Waals surface area contributed by atoms with Gasteiger partial charge in [0.05, 0.1) is 0 Å². The van der Waals surface area contributed by atoms with Crippen LogP contribution in [0.4, 0.5) is 0 Å². The van der Waals surface area contributed by atoms with Gasteiger partial charge in [-0.25, -0.2) is 0 Å². The second-order valence-electron chi connectivity index (χ2n) is 3.71. The summed E-state index contributed by atoms with van der Waals surface area (Å²) in [7, 11) is 0. The Morgan fingerprint density at radius 2 is 2.07 bits per heavy atom. The summed E-state index contributed by atoms with van der Waals surface area (Å²) in [6.45, 7) is 5.82. The normalized spacial score (nSPS) is 12.6. The maximum Gasteiger partial charge on any atom is 0.232 e. The molecule has 0 aliphatic heterocycles. The summed E-state index contributed by atoms with van der Waals surface area (Å²) in [5.41, 5.74) is 0. The first-order valence-corrected chi connectivity index (χ1v) is 5.40. The number of unbranched alkanes of at least 4 members (excludes halogenated alkanes) is 1. The van der Waals surface area contributed by atoms with Crippen molar-refractivity contribution in [1.29, 1.82) is 0 Å². The van der Waals surface area contributed by atoms with Crippen LogP contribution in [0, 0.1) is 5.92 Å². The minimum absolute atomic E-state index is 0.0685. The Hall–Kier alpha value is -0.510. The van der Waals surface area contributed by atoms with Crippen molar-refractivity contribution in [2.75, 3.05) is 0 Å². The molecule has 0 aromatic heterocycles. The molecule has 1 unspecified atom stereocenters. The lowest BCUT2D eigenvalue weighted by Crippen LogP contribution is -2.37. The Morgan fingerprint density at radius 3 is 2.43 bits per heavy atom. The number of amides is 1. The lowest BCUT2D eigenvalue weighted by molar-refractivity contribution is -0.131. The fourth-order valence-corrected chi connectivity index (χ4v) is 1.53. The highest BCUT2D eigenvalue weighted by atomic mass is 32.1. The molecule has 4 heteroatoms. The maximum atomic E-state index is 11.5. The fourth-order valence-electron chi connectivity index (χ4n) is 1.11. The van der Waals surface area contributed by atoms with E-state index in [1.54, 1.807) is 0 Å². The number of thiol groups is 1. The van der Waals surface area contributed by atoms with Gasteiger partial charge in [-0.15, -0.1) is 0 Å². The van der Waals surface area contributed by atoms with Gasteiger partial charge in [-0.3, -0.25) is 9.10 Å². The van der Waals surface area contributed by atoms with E-state index in [2.05, 4.69) is 12.8 Å². The summed E-state index contributed by atoms with van der Waals surface area (Å²) < 4.78 is 1.26. The van der Waals surface area contributed by atoms with E-state index in [4.69, 9.17) is 0 Å².